The van der Waals surface area contributed by atoms with Crippen LogP contribution in [0.2, 0.25) is 0 Å². The van der Waals surface area contributed by atoms with Gasteiger partial charge in [-0.1, -0.05) is 6.92 Å². The van der Waals surface area contributed by atoms with Crippen molar-refractivity contribution in [2.24, 2.45) is 5.73 Å². The van der Waals surface area contributed by atoms with E-state index in [0.717, 1.165) is 0 Å². The lowest BCUT2D eigenvalue weighted by Crippen LogP contribution is -2.10. The number of hydrogen-bond acceptors (Lipinski definition) is 4. The zero-order chi connectivity index (χ0) is 10.7. The summed E-state index contributed by atoms with van der Waals surface area (Å²) in [5.74, 6) is -0.00509. The number of benzene rings is 1. The average Bonchev–Trinajstić information content (AvgIpc) is 2.16. The van der Waals surface area contributed by atoms with E-state index in [2.05, 4.69) is 0 Å². The molecule has 1 aromatic carbocycles. The number of nitro benzene ring substituents is 1. The SMILES string of the molecule is CC[C@@H](N)c1cc(O)ccc1[N+](=O)[O-].Cl. The van der Waals surface area contributed by atoms with E-state index in [1.54, 1.807) is 0 Å². The van der Waals surface area contributed by atoms with Gasteiger partial charge in [-0.3, -0.25) is 10.1 Å². The molecule has 0 unspecified atom stereocenters. The molecule has 6 heteroatoms. The van der Waals surface area contributed by atoms with Gasteiger partial charge in [0.25, 0.3) is 5.69 Å². The number of phenols is 1. The molecule has 0 fully saturated rings. The lowest BCUT2D eigenvalue weighted by atomic mass is 10.0. The van der Waals surface area contributed by atoms with Gasteiger partial charge in [0.1, 0.15) is 5.75 Å². The van der Waals surface area contributed by atoms with Crippen molar-refractivity contribution in [3.8, 4) is 5.75 Å². The summed E-state index contributed by atoms with van der Waals surface area (Å²) in [5.41, 5.74) is 6.01. The van der Waals surface area contributed by atoms with Gasteiger partial charge < -0.3 is 10.8 Å². The van der Waals surface area contributed by atoms with E-state index >= 15 is 0 Å². The van der Waals surface area contributed by atoms with Crippen LogP contribution in [0.5, 0.6) is 5.75 Å². The van der Waals surface area contributed by atoms with Crippen molar-refractivity contribution in [2.75, 3.05) is 0 Å². The van der Waals surface area contributed by atoms with Crippen molar-refractivity contribution >= 4 is 18.1 Å². The molecule has 0 saturated carbocycles. The van der Waals surface area contributed by atoms with Gasteiger partial charge in [-0.2, -0.15) is 0 Å². The molecule has 0 heterocycles. The number of rotatable bonds is 3. The Morgan fingerprint density at radius 3 is 2.67 bits per heavy atom. The van der Waals surface area contributed by atoms with E-state index in [0.29, 0.717) is 12.0 Å². The number of halogens is 1. The standard InChI is InChI=1S/C9H12N2O3.ClH/c1-2-8(10)7-5-6(12)3-4-9(7)11(13)14;/h3-5,8,12H,2,10H2,1H3;1H/t8-;/m1./s1. The Labute approximate surface area is 93.5 Å². The molecule has 0 spiro atoms. The Hall–Kier alpha value is -1.33. The summed E-state index contributed by atoms with van der Waals surface area (Å²) in [5, 5.41) is 19.8. The molecule has 0 bridgehead atoms. The van der Waals surface area contributed by atoms with Crippen LogP contribution in [-0.2, 0) is 0 Å². The quantitative estimate of drug-likeness (QED) is 0.617. The monoisotopic (exact) mass is 232 g/mol. The van der Waals surface area contributed by atoms with Crippen molar-refractivity contribution in [3.05, 3.63) is 33.9 Å². The van der Waals surface area contributed by atoms with Gasteiger partial charge in [0.05, 0.1) is 10.5 Å². The van der Waals surface area contributed by atoms with Crippen molar-refractivity contribution in [1.29, 1.82) is 0 Å². The largest absolute Gasteiger partial charge is 0.508 e. The minimum absolute atomic E-state index is 0. The van der Waals surface area contributed by atoms with Crippen LogP contribution in [0.1, 0.15) is 24.9 Å². The van der Waals surface area contributed by atoms with Crippen LogP contribution >= 0.6 is 12.4 Å². The summed E-state index contributed by atoms with van der Waals surface area (Å²) in [6.45, 7) is 1.83. The molecular weight excluding hydrogens is 220 g/mol. The lowest BCUT2D eigenvalue weighted by Gasteiger charge is -2.09. The van der Waals surface area contributed by atoms with Crippen molar-refractivity contribution in [1.82, 2.24) is 0 Å². The van der Waals surface area contributed by atoms with E-state index in [1.807, 2.05) is 6.92 Å². The van der Waals surface area contributed by atoms with Crippen LogP contribution in [-0.4, -0.2) is 10.0 Å². The zero-order valence-electron chi connectivity index (χ0n) is 8.21. The fourth-order valence-electron chi connectivity index (χ4n) is 1.23. The predicted octanol–water partition coefficient (Wildman–Crippen LogP) is 2.13. The van der Waals surface area contributed by atoms with E-state index in [-0.39, 0.29) is 23.8 Å². The van der Waals surface area contributed by atoms with Gasteiger partial charge in [0.15, 0.2) is 0 Å². The van der Waals surface area contributed by atoms with Crippen molar-refractivity contribution < 1.29 is 10.0 Å². The molecular formula is C9H13ClN2O3. The molecule has 1 aromatic rings. The Morgan fingerprint density at radius 2 is 2.20 bits per heavy atom. The van der Waals surface area contributed by atoms with Crippen LogP contribution in [0.3, 0.4) is 0 Å². The second-order valence-electron chi connectivity index (χ2n) is 3.01. The number of phenolic OH excluding ortho intramolecular Hbond substituents is 1. The third kappa shape index (κ3) is 3.07. The van der Waals surface area contributed by atoms with E-state index < -0.39 is 11.0 Å². The second kappa shape index (κ2) is 5.53. The Bertz CT molecular complexity index is 357. The first-order valence-corrected chi connectivity index (χ1v) is 4.29. The summed E-state index contributed by atoms with van der Waals surface area (Å²) in [6.07, 6.45) is 0.588. The topological polar surface area (TPSA) is 89.4 Å². The average molecular weight is 233 g/mol. The first-order valence-electron chi connectivity index (χ1n) is 4.29. The van der Waals surface area contributed by atoms with E-state index in [4.69, 9.17) is 5.73 Å². The number of nitrogens with zero attached hydrogens (tertiary/aromatic N) is 1. The smallest absolute Gasteiger partial charge is 0.274 e. The van der Waals surface area contributed by atoms with Gasteiger partial charge in [0, 0.05) is 12.1 Å². The van der Waals surface area contributed by atoms with Crippen LogP contribution in [0.25, 0.3) is 0 Å². The van der Waals surface area contributed by atoms with Gasteiger partial charge >= 0.3 is 0 Å². The highest BCUT2D eigenvalue weighted by molar-refractivity contribution is 5.85. The summed E-state index contributed by atoms with van der Waals surface area (Å²) in [7, 11) is 0. The number of aromatic hydroxyl groups is 1. The molecule has 0 aliphatic heterocycles. The first-order chi connectivity index (χ1) is 6.56. The highest BCUT2D eigenvalue weighted by Crippen LogP contribution is 2.28. The fourth-order valence-corrected chi connectivity index (χ4v) is 1.23. The summed E-state index contributed by atoms with van der Waals surface area (Å²) in [6, 6.07) is 3.47. The van der Waals surface area contributed by atoms with E-state index in [9.17, 15) is 15.2 Å². The molecule has 3 N–H and O–H groups in total. The minimum atomic E-state index is -0.496. The van der Waals surface area contributed by atoms with Crippen molar-refractivity contribution in [2.45, 2.75) is 19.4 Å². The van der Waals surface area contributed by atoms with Gasteiger partial charge in [-0.25, -0.2) is 0 Å². The molecule has 1 rings (SSSR count). The molecule has 5 nitrogen and oxygen atoms in total. The fraction of sp³-hybridized carbons (Fsp3) is 0.333. The van der Waals surface area contributed by atoms with Gasteiger partial charge in [-0.15, -0.1) is 12.4 Å². The summed E-state index contributed by atoms with van der Waals surface area (Å²) < 4.78 is 0. The molecule has 0 amide bonds. The Morgan fingerprint density at radius 1 is 1.60 bits per heavy atom. The summed E-state index contributed by atoms with van der Waals surface area (Å²) >= 11 is 0. The van der Waals surface area contributed by atoms with Crippen LogP contribution in [0, 0.1) is 10.1 Å². The molecule has 0 aromatic heterocycles. The first kappa shape index (κ1) is 13.7. The highest BCUT2D eigenvalue weighted by atomic mass is 35.5. The summed E-state index contributed by atoms with van der Waals surface area (Å²) in [4.78, 5) is 10.1. The molecule has 0 aliphatic rings. The number of nitro groups is 1. The van der Waals surface area contributed by atoms with Crippen molar-refractivity contribution in [3.63, 3.8) is 0 Å². The number of nitrogens with two attached hydrogens (primary N) is 1. The van der Waals surface area contributed by atoms with Crippen LogP contribution in [0.4, 0.5) is 5.69 Å². The molecule has 0 aliphatic carbocycles. The molecule has 15 heavy (non-hydrogen) atoms. The minimum Gasteiger partial charge on any atom is -0.508 e. The third-order valence-corrected chi connectivity index (χ3v) is 2.05. The number of hydrogen-bond donors (Lipinski definition) is 2. The second-order valence-corrected chi connectivity index (χ2v) is 3.01. The Balaban J connectivity index is 0.00000196. The molecule has 1 atom stereocenters. The van der Waals surface area contributed by atoms with Crippen LogP contribution in [0.15, 0.2) is 18.2 Å². The van der Waals surface area contributed by atoms with Crippen LogP contribution < -0.4 is 5.73 Å². The molecule has 0 radical (unpaired) electrons. The normalized spacial score (nSPS) is 11.6. The highest BCUT2D eigenvalue weighted by Gasteiger charge is 2.18. The van der Waals surface area contributed by atoms with E-state index in [1.165, 1.54) is 18.2 Å². The maximum atomic E-state index is 10.6. The zero-order valence-corrected chi connectivity index (χ0v) is 9.03. The third-order valence-electron chi connectivity index (χ3n) is 2.05. The Kier molecular flexibility index (Phi) is 5.04. The molecule has 84 valence electrons. The molecule has 0 saturated heterocycles. The van der Waals surface area contributed by atoms with Gasteiger partial charge in [-0.05, 0) is 18.6 Å². The van der Waals surface area contributed by atoms with Gasteiger partial charge in [0.2, 0.25) is 0 Å². The lowest BCUT2D eigenvalue weighted by molar-refractivity contribution is -0.385. The maximum Gasteiger partial charge on any atom is 0.274 e. The predicted molar refractivity (Wildman–Crippen MR) is 59.2 cm³/mol. The maximum absolute atomic E-state index is 10.6.